The number of nitrogens with zero attached hydrogens (tertiary/aromatic N) is 2. The number of nitrogens with two attached hydrogens (primary N) is 1. The van der Waals surface area contributed by atoms with Crippen LogP contribution in [-0.4, -0.2) is 34.1 Å². The second-order valence-electron chi connectivity index (χ2n) is 3.70. The van der Waals surface area contributed by atoms with Crippen LogP contribution in [0, 0.1) is 6.92 Å². The lowest BCUT2D eigenvalue weighted by Gasteiger charge is -2.22. The molecule has 0 saturated carbocycles. The number of rotatable bonds is 5. The molecule has 1 aromatic heterocycles. The summed E-state index contributed by atoms with van der Waals surface area (Å²) in [5, 5.41) is 0.473. The van der Waals surface area contributed by atoms with E-state index in [1.165, 1.54) is 11.3 Å². The molecule has 0 saturated heterocycles. The molecular weight excluding hydrogens is 254 g/mol. The Morgan fingerprint density at radius 1 is 1.53 bits per heavy atom. The van der Waals surface area contributed by atoms with Crippen molar-refractivity contribution in [1.29, 1.82) is 0 Å². The van der Waals surface area contributed by atoms with Gasteiger partial charge in [0.15, 0.2) is 5.13 Å². The first-order valence-corrected chi connectivity index (χ1v) is 7.37. The van der Waals surface area contributed by atoms with Gasteiger partial charge in [0.2, 0.25) is 5.91 Å². The number of hydrogen-bond donors (Lipinski definition) is 1. The zero-order valence-corrected chi connectivity index (χ0v) is 12.3. The first-order chi connectivity index (χ1) is 7.99. The molecule has 1 aromatic rings. The molecule has 0 aliphatic heterocycles. The zero-order chi connectivity index (χ0) is 13.0. The van der Waals surface area contributed by atoms with Gasteiger partial charge in [-0.25, -0.2) is 4.98 Å². The van der Waals surface area contributed by atoms with Crippen LogP contribution in [0.25, 0.3) is 0 Å². The summed E-state index contributed by atoms with van der Waals surface area (Å²) in [7, 11) is 0. The molecule has 96 valence electrons. The summed E-state index contributed by atoms with van der Waals surface area (Å²) in [6.45, 7) is 9.35. The molecule has 0 bridgehead atoms. The average molecular weight is 273 g/mol. The molecule has 2 N–H and O–H groups in total. The number of thioether (sulfide) groups is 1. The summed E-state index contributed by atoms with van der Waals surface area (Å²) in [4.78, 5) is 18.1. The van der Waals surface area contributed by atoms with E-state index in [1.54, 1.807) is 11.8 Å². The van der Waals surface area contributed by atoms with Crippen LogP contribution in [-0.2, 0) is 4.79 Å². The molecule has 1 amide bonds. The monoisotopic (exact) mass is 273 g/mol. The van der Waals surface area contributed by atoms with Gasteiger partial charge in [0.1, 0.15) is 0 Å². The smallest absolute Gasteiger partial charge is 0.235 e. The van der Waals surface area contributed by atoms with Crippen LogP contribution in [0.15, 0.2) is 4.21 Å². The number of amides is 1. The van der Waals surface area contributed by atoms with E-state index in [0.717, 1.165) is 23.0 Å². The predicted molar refractivity (Wildman–Crippen MR) is 74.5 cm³/mol. The normalized spacial score (nSPS) is 12.5. The van der Waals surface area contributed by atoms with Crippen LogP contribution < -0.4 is 5.73 Å². The van der Waals surface area contributed by atoms with E-state index in [0.29, 0.717) is 5.13 Å². The molecule has 1 rings (SSSR count). The SMILES string of the molecule is CCN(CC)C(=O)C(C)Sc1sc(N)nc1C. The van der Waals surface area contributed by atoms with Crippen LogP contribution in [0.5, 0.6) is 0 Å². The fourth-order valence-electron chi connectivity index (χ4n) is 1.52. The highest BCUT2D eigenvalue weighted by molar-refractivity contribution is 8.02. The van der Waals surface area contributed by atoms with Crippen LogP contribution >= 0.6 is 23.1 Å². The molecule has 0 aromatic carbocycles. The Balaban J connectivity index is 2.68. The first-order valence-electron chi connectivity index (χ1n) is 5.67. The summed E-state index contributed by atoms with van der Waals surface area (Å²) >= 11 is 2.99. The van der Waals surface area contributed by atoms with Gasteiger partial charge in [0.05, 0.1) is 15.2 Å². The van der Waals surface area contributed by atoms with Crippen molar-refractivity contribution in [2.24, 2.45) is 0 Å². The van der Waals surface area contributed by atoms with Crippen LogP contribution in [0.2, 0.25) is 0 Å². The topological polar surface area (TPSA) is 59.2 Å². The minimum atomic E-state index is -0.0894. The van der Waals surface area contributed by atoms with Crippen molar-refractivity contribution < 1.29 is 4.79 Å². The van der Waals surface area contributed by atoms with Crippen molar-refractivity contribution in [2.75, 3.05) is 18.8 Å². The summed E-state index contributed by atoms with van der Waals surface area (Å²) < 4.78 is 1.04. The molecular formula is C11H19N3OS2. The first kappa shape index (κ1) is 14.3. The van der Waals surface area contributed by atoms with Gasteiger partial charge in [-0.2, -0.15) is 0 Å². The number of hydrogen-bond acceptors (Lipinski definition) is 5. The molecule has 17 heavy (non-hydrogen) atoms. The van der Waals surface area contributed by atoms with Crippen molar-refractivity contribution in [3.63, 3.8) is 0 Å². The highest BCUT2D eigenvalue weighted by Gasteiger charge is 2.21. The maximum absolute atomic E-state index is 12.1. The second kappa shape index (κ2) is 6.26. The Morgan fingerprint density at radius 2 is 2.12 bits per heavy atom. The number of carbonyl (C=O) groups is 1. The van der Waals surface area contributed by atoms with Gasteiger partial charge in [-0.05, 0) is 27.7 Å². The fourth-order valence-corrected chi connectivity index (χ4v) is 3.75. The largest absolute Gasteiger partial charge is 0.375 e. The maximum atomic E-state index is 12.1. The lowest BCUT2D eigenvalue weighted by molar-refractivity contribution is -0.129. The molecule has 0 aliphatic rings. The minimum absolute atomic E-state index is 0.0894. The highest BCUT2D eigenvalue weighted by Crippen LogP contribution is 2.33. The number of aromatic nitrogens is 1. The van der Waals surface area contributed by atoms with Crippen molar-refractivity contribution >= 4 is 34.1 Å². The van der Waals surface area contributed by atoms with Gasteiger partial charge >= 0.3 is 0 Å². The molecule has 1 heterocycles. The quantitative estimate of drug-likeness (QED) is 0.837. The Kier molecular flexibility index (Phi) is 5.27. The third-order valence-corrected chi connectivity index (χ3v) is 4.86. The number of carbonyl (C=O) groups excluding carboxylic acids is 1. The third-order valence-electron chi connectivity index (χ3n) is 2.48. The number of aryl methyl sites for hydroxylation is 1. The lowest BCUT2D eigenvalue weighted by Crippen LogP contribution is -2.36. The lowest BCUT2D eigenvalue weighted by atomic mass is 10.4. The maximum Gasteiger partial charge on any atom is 0.235 e. The van der Waals surface area contributed by atoms with Crippen molar-refractivity contribution in [2.45, 2.75) is 37.2 Å². The molecule has 0 radical (unpaired) electrons. The second-order valence-corrected chi connectivity index (χ2v) is 6.34. The van der Waals surface area contributed by atoms with Crippen molar-refractivity contribution in [3.8, 4) is 0 Å². The predicted octanol–water partition coefficient (Wildman–Crippen LogP) is 2.38. The van der Waals surface area contributed by atoms with E-state index in [4.69, 9.17) is 5.73 Å². The van der Waals surface area contributed by atoms with E-state index >= 15 is 0 Å². The van der Waals surface area contributed by atoms with Gasteiger partial charge in [0.25, 0.3) is 0 Å². The van der Waals surface area contributed by atoms with Crippen LogP contribution in [0.1, 0.15) is 26.5 Å². The number of thiazole rings is 1. The van der Waals surface area contributed by atoms with Gasteiger partial charge in [-0.1, -0.05) is 11.3 Å². The Morgan fingerprint density at radius 3 is 2.53 bits per heavy atom. The number of nitrogen functional groups attached to an aromatic ring is 1. The molecule has 4 nitrogen and oxygen atoms in total. The molecule has 0 fully saturated rings. The van der Waals surface area contributed by atoms with Gasteiger partial charge in [-0.3, -0.25) is 4.79 Å². The Labute approximate surface area is 111 Å². The van der Waals surface area contributed by atoms with Gasteiger partial charge < -0.3 is 10.6 Å². The fraction of sp³-hybridized carbons (Fsp3) is 0.636. The average Bonchev–Trinajstić information content (AvgIpc) is 2.59. The molecule has 0 aliphatic carbocycles. The van der Waals surface area contributed by atoms with Crippen molar-refractivity contribution in [3.05, 3.63) is 5.69 Å². The van der Waals surface area contributed by atoms with Gasteiger partial charge in [-0.15, -0.1) is 11.8 Å². The van der Waals surface area contributed by atoms with E-state index in [2.05, 4.69) is 4.98 Å². The summed E-state index contributed by atoms with van der Waals surface area (Å²) in [6, 6.07) is 0. The third kappa shape index (κ3) is 3.61. The van der Waals surface area contributed by atoms with E-state index in [1.807, 2.05) is 32.6 Å². The molecule has 0 spiro atoms. The summed E-state index contributed by atoms with van der Waals surface area (Å²) in [5.41, 5.74) is 6.56. The van der Waals surface area contributed by atoms with Crippen LogP contribution in [0.4, 0.5) is 5.13 Å². The van der Waals surface area contributed by atoms with Crippen molar-refractivity contribution in [1.82, 2.24) is 9.88 Å². The standard InChI is InChI=1S/C11H19N3OS2/c1-5-14(6-2)9(15)8(4)16-10-7(3)13-11(12)17-10/h8H,5-6H2,1-4H3,(H2,12,13). The van der Waals surface area contributed by atoms with E-state index in [9.17, 15) is 4.79 Å². The van der Waals surface area contributed by atoms with Crippen LogP contribution in [0.3, 0.4) is 0 Å². The zero-order valence-electron chi connectivity index (χ0n) is 10.7. The summed E-state index contributed by atoms with van der Waals surface area (Å²) in [5.74, 6) is 0.173. The highest BCUT2D eigenvalue weighted by atomic mass is 32.2. The minimum Gasteiger partial charge on any atom is -0.375 e. The summed E-state index contributed by atoms with van der Waals surface area (Å²) in [6.07, 6.45) is 0. The van der Waals surface area contributed by atoms with E-state index < -0.39 is 0 Å². The van der Waals surface area contributed by atoms with E-state index in [-0.39, 0.29) is 11.2 Å². The Hall–Kier alpha value is -0.750. The molecule has 6 heteroatoms. The Bertz CT molecular complexity index is 388. The van der Waals surface area contributed by atoms with Gasteiger partial charge in [0, 0.05) is 13.1 Å². The molecule has 1 unspecified atom stereocenters. The molecule has 1 atom stereocenters. The number of anilines is 1.